The molecule has 0 bridgehead atoms. The summed E-state index contributed by atoms with van der Waals surface area (Å²) >= 11 is 0. The number of methoxy groups -OCH3 is 1. The summed E-state index contributed by atoms with van der Waals surface area (Å²) in [6.07, 6.45) is -0.878. The minimum Gasteiger partial charge on any atom is -0.468 e. The fourth-order valence-electron chi connectivity index (χ4n) is 4.39. The number of amides is 2. The minimum atomic E-state index is -1.26. The number of aliphatic hydroxyl groups is 1. The Morgan fingerprint density at radius 2 is 1.60 bits per heavy atom. The summed E-state index contributed by atoms with van der Waals surface area (Å²) in [6.45, 7) is 13.2. The summed E-state index contributed by atoms with van der Waals surface area (Å²) in [5, 5.41) is 16.2. The first-order chi connectivity index (χ1) is 19.8. The zero-order chi connectivity index (χ0) is 31.6. The summed E-state index contributed by atoms with van der Waals surface area (Å²) in [7, 11) is 2.38. The van der Waals surface area contributed by atoms with Crippen molar-refractivity contribution in [3.63, 3.8) is 0 Å². The van der Waals surface area contributed by atoms with Gasteiger partial charge in [-0.3, -0.25) is 14.4 Å². The predicted molar refractivity (Wildman–Crippen MR) is 164 cm³/mol. The van der Waals surface area contributed by atoms with Gasteiger partial charge in [-0.2, -0.15) is 0 Å². The van der Waals surface area contributed by atoms with Gasteiger partial charge in [0.15, 0.2) is 0 Å². The molecule has 1 aromatic heterocycles. The molecule has 0 saturated carbocycles. The first-order valence-electron chi connectivity index (χ1n) is 14.5. The molecule has 0 radical (unpaired) electrons. The number of ether oxygens (including phenoxy) is 1. The smallest absolute Gasteiger partial charge is 0.406 e. The number of aromatic nitrogens is 1. The maximum atomic E-state index is 13.7. The lowest BCUT2D eigenvalue weighted by atomic mass is 9.66. The van der Waals surface area contributed by atoms with Crippen LogP contribution in [0.3, 0.4) is 0 Å². The number of hydrogen-bond acceptors (Lipinski definition) is 8. The monoisotopic (exact) mass is 582 g/mol. The van der Waals surface area contributed by atoms with E-state index in [-0.39, 0.29) is 23.6 Å². The first kappa shape index (κ1) is 34.9. The van der Waals surface area contributed by atoms with Gasteiger partial charge in [0, 0.05) is 11.7 Å². The van der Waals surface area contributed by atoms with Gasteiger partial charge in [0.2, 0.25) is 5.91 Å². The molecule has 0 spiro atoms. The van der Waals surface area contributed by atoms with E-state index in [0.717, 1.165) is 5.56 Å². The van der Waals surface area contributed by atoms with Crippen LogP contribution in [0.15, 0.2) is 48.5 Å². The molecule has 0 aliphatic carbocycles. The van der Waals surface area contributed by atoms with E-state index in [9.17, 15) is 19.5 Å². The number of esters is 1. The fourth-order valence-corrected chi connectivity index (χ4v) is 4.39. The Balaban J connectivity index is 2.34. The molecule has 11 heteroatoms. The summed E-state index contributed by atoms with van der Waals surface area (Å²) in [5.41, 5.74) is 1.58. The Morgan fingerprint density at radius 1 is 0.952 bits per heavy atom. The molecule has 2 amide bonds. The SMILES string of the molecule is COC(=O)[C@H](C)N(C)B(O[C@H](C)C(C)C)[C@H](CC(C)C)NC(=O)[C@@H](NC(=O)c1cccc(-c2ccccc2)n1)[C@@H](C)O. The van der Waals surface area contributed by atoms with Gasteiger partial charge in [-0.25, -0.2) is 4.98 Å². The number of rotatable bonds is 15. The number of aliphatic hydroxyl groups excluding tert-OH is 1. The van der Waals surface area contributed by atoms with Gasteiger partial charge in [0.1, 0.15) is 11.7 Å². The van der Waals surface area contributed by atoms with E-state index in [0.29, 0.717) is 12.1 Å². The second-order valence-corrected chi connectivity index (χ2v) is 11.6. The third kappa shape index (κ3) is 9.92. The quantitative estimate of drug-likeness (QED) is 0.215. The molecule has 1 heterocycles. The van der Waals surface area contributed by atoms with E-state index >= 15 is 0 Å². The lowest BCUT2D eigenvalue weighted by Crippen LogP contribution is -2.63. The molecule has 1 aromatic carbocycles. The lowest BCUT2D eigenvalue weighted by molar-refractivity contribution is -0.144. The Bertz CT molecular complexity index is 1160. The summed E-state index contributed by atoms with van der Waals surface area (Å²) < 4.78 is 11.4. The highest BCUT2D eigenvalue weighted by Crippen LogP contribution is 2.19. The molecule has 5 atom stereocenters. The van der Waals surface area contributed by atoms with Gasteiger partial charge in [-0.05, 0) is 58.2 Å². The maximum Gasteiger partial charge on any atom is 0.406 e. The van der Waals surface area contributed by atoms with Crippen LogP contribution in [0.25, 0.3) is 11.3 Å². The molecular weight excluding hydrogens is 535 g/mol. The van der Waals surface area contributed by atoms with Crippen molar-refractivity contribution < 1.29 is 28.9 Å². The van der Waals surface area contributed by atoms with Crippen LogP contribution in [0.2, 0.25) is 0 Å². The Labute approximate surface area is 250 Å². The van der Waals surface area contributed by atoms with Gasteiger partial charge in [-0.1, -0.05) is 64.1 Å². The van der Waals surface area contributed by atoms with Crippen molar-refractivity contribution in [2.24, 2.45) is 11.8 Å². The summed E-state index contributed by atoms with van der Waals surface area (Å²) in [4.78, 5) is 45.5. The number of hydrogen-bond donors (Lipinski definition) is 3. The van der Waals surface area contributed by atoms with Crippen LogP contribution in [-0.2, 0) is 19.0 Å². The van der Waals surface area contributed by atoms with Gasteiger partial charge < -0.3 is 29.9 Å². The lowest BCUT2D eigenvalue weighted by Gasteiger charge is -2.37. The Kier molecular flexibility index (Phi) is 13.6. The average Bonchev–Trinajstić information content (AvgIpc) is 2.96. The van der Waals surface area contributed by atoms with E-state index in [1.165, 1.54) is 14.0 Å². The molecule has 230 valence electrons. The molecule has 0 unspecified atom stereocenters. The van der Waals surface area contributed by atoms with Gasteiger partial charge >= 0.3 is 13.0 Å². The van der Waals surface area contributed by atoms with Crippen LogP contribution in [0.5, 0.6) is 0 Å². The van der Waals surface area contributed by atoms with Crippen molar-refractivity contribution in [1.82, 2.24) is 20.4 Å². The van der Waals surface area contributed by atoms with Crippen molar-refractivity contribution in [3.8, 4) is 11.3 Å². The van der Waals surface area contributed by atoms with Gasteiger partial charge in [0.25, 0.3) is 5.91 Å². The largest absolute Gasteiger partial charge is 0.468 e. The summed E-state index contributed by atoms with van der Waals surface area (Å²) in [5.74, 6) is -1.85. The standard InChI is InChI=1S/C31H47BN4O6/c1-19(2)18-27(32(42-23(7)20(3)4)36(8)21(5)31(40)41-9)34-30(39)28(22(6)37)35-29(38)26-17-13-16-25(33-26)24-14-11-10-12-15-24/h10-17,19-23,27-28,37H,18H2,1-9H3,(H,34,39)(H,35,38)/t21-,22+,23+,27-,28-/m0/s1. The van der Waals surface area contributed by atoms with Crippen molar-refractivity contribution in [1.29, 1.82) is 0 Å². The molecule has 0 aliphatic heterocycles. The fraction of sp³-hybridized carbons (Fsp3) is 0.548. The highest BCUT2D eigenvalue weighted by Gasteiger charge is 2.41. The molecule has 0 fully saturated rings. The second-order valence-electron chi connectivity index (χ2n) is 11.6. The van der Waals surface area contributed by atoms with E-state index in [2.05, 4.69) is 15.6 Å². The maximum absolute atomic E-state index is 13.7. The predicted octanol–water partition coefficient (Wildman–Crippen LogP) is 3.34. The van der Waals surface area contributed by atoms with Crippen LogP contribution in [0.1, 0.15) is 65.4 Å². The first-order valence-corrected chi connectivity index (χ1v) is 14.5. The normalized spacial score (nSPS) is 15.1. The third-order valence-corrected chi connectivity index (χ3v) is 7.35. The number of benzene rings is 1. The highest BCUT2D eigenvalue weighted by atomic mass is 16.5. The summed E-state index contributed by atoms with van der Waals surface area (Å²) in [6, 6.07) is 12.6. The number of carbonyl (C=O) groups excluding carboxylic acids is 3. The number of likely N-dealkylation sites (N-methyl/N-ethyl adjacent to an activating group) is 1. The number of pyridine rings is 1. The average molecular weight is 583 g/mol. The molecular formula is C31H47BN4O6. The van der Waals surface area contributed by atoms with Crippen LogP contribution in [0.4, 0.5) is 0 Å². The number of carbonyl (C=O) groups is 3. The van der Waals surface area contributed by atoms with Crippen molar-refractivity contribution in [2.45, 2.75) is 85.1 Å². The third-order valence-electron chi connectivity index (χ3n) is 7.35. The molecule has 0 aliphatic rings. The topological polar surface area (TPSA) is 130 Å². The van der Waals surface area contributed by atoms with E-state index < -0.39 is 49.0 Å². The van der Waals surface area contributed by atoms with E-state index in [4.69, 9.17) is 9.39 Å². The minimum absolute atomic E-state index is 0.118. The van der Waals surface area contributed by atoms with Crippen molar-refractivity contribution in [2.75, 3.05) is 14.2 Å². The van der Waals surface area contributed by atoms with Crippen LogP contribution >= 0.6 is 0 Å². The van der Waals surface area contributed by atoms with Gasteiger partial charge in [0.05, 0.1) is 30.9 Å². The molecule has 2 rings (SSSR count). The number of nitrogens with zero attached hydrogens (tertiary/aromatic N) is 2. The molecule has 3 N–H and O–H groups in total. The molecule has 0 saturated heterocycles. The van der Waals surface area contributed by atoms with Crippen molar-refractivity contribution in [3.05, 3.63) is 54.2 Å². The van der Waals surface area contributed by atoms with Crippen LogP contribution < -0.4 is 10.6 Å². The van der Waals surface area contributed by atoms with Crippen LogP contribution in [0, 0.1) is 11.8 Å². The van der Waals surface area contributed by atoms with Gasteiger partial charge in [-0.15, -0.1) is 0 Å². The zero-order valence-electron chi connectivity index (χ0n) is 26.3. The highest BCUT2D eigenvalue weighted by molar-refractivity contribution is 6.51. The Morgan fingerprint density at radius 3 is 2.14 bits per heavy atom. The van der Waals surface area contributed by atoms with E-state index in [1.54, 1.807) is 37.0 Å². The van der Waals surface area contributed by atoms with E-state index in [1.807, 2.05) is 65.0 Å². The second kappa shape index (κ2) is 16.4. The Hall–Kier alpha value is -3.28. The van der Waals surface area contributed by atoms with Crippen molar-refractivity contribution >= 4 is 24.8 Å². The molecule has 10 nitrogen and oxygen atoms in total. The molecule has 2 aromatic rings. The van der Waals surface area contributed by atoms with Crippen LogP contribution in [-0.4, -0.2) is 84.1 Å². The molecule has 42 heavy (non-hydrogen) atoms. The number of nitrogens with one attached hydrogen (secondary N) is 2. The zero-order valence-corrected chi connectivity index (χ0v) is 26.3.